The van der Waals surface area contributed by atoms with Crippen molar-refractivity contribution in [2.75, 3.05) is 0 Å². The van der Waals surface area contributed by atoms with Gasteiger partial charge in [-0.15, -0.1) is 0 Å². The summed E-state index contributed by atoms with van der Waals surface area (Å²) < 4.78 is 0. The van der Waals surface area contributed by atoms with Gasteiger partial charge in [-0.05, 0) is 30.4 Å². The molecule has 1 aromatic carbocycles. The Morgan fingerprint density at radius 1 is 1.19 bits per heavy atom. The van der Waals surface area contributed by atoms with E-state index in [4.69, 9.17) is 0 Å². The lowest BCUT2D eigenvalue weighted by atomic mass is 9.81. The largest absolute Gasteiger partial charge is 0.480 e. The topological polar surface area (TPSA) is 66.4 Å². The number of aliphatic carboxylic acids is 1. The zero-order valence-corrected chi connectivity index (χ0v) is 12.5. The molecule has 2 N–H and O–H groups in total. The van der Waals surface area contributed by atoms with E-state index in [1.54, 1.807) is 0 Å². The summed E-state index contributed by atoms with van der Waals surface area (Å²) in [4.78, 5) is 23.8. The van der Waals surface area contributed by atoms with Gasteiger partial charge in [0.05, 0.1) is 6.42 Å². The van der Waals surface area contributed by atoms with Crippen molar-refractivity contribution in [2.45, 2.75) is 57.4 Å². The predicted molar refractivity (Wildman–Crippen MR) is 81.1 cm³/mol. The summed E-state index contributed by atoms with van der Waals surface area (Å²) in [5, 5.41) is 12.3. The van der Waals surface area contributed by atoms with Crippen LogP contribution in [0, 0.1) is 0 Å². The summed E-state index contributed by atoms with van der Waals surface area (Å²) in [6.45, 7) is 2.07. The van der Waals surface area contributed by atoms with E-state index in [2.05, 4.69) is 12.2 Å². The number of carboxylic acid groups (broad SMARTS) is 1. The first-order valence-corrected chi connectivity index (χ1v) is 7.68. The van der Waals surface area contributed by atoms with Crippen LogP contribution in [-0.2, 0) is 22.4 Å². The number of aryl methyl sites for hydroxylation is 1. The van der Waals surface area contributed by atoms with Crippen molar-refractivity contribution < 1.29 is 14.7 Å². The molecule has 1 aliphatic rings. The van der Waals surface area contributed by atoms with E-state index in [1.807, 2.05) is 24.3 Å². The molecule has 1 aromatic rings. The monoisotopic (exact) mass is 289 g/mol. The van der Waals surface area contributed by atoms with Crippen LogP contribution in [0.3, 0.4) is 0 Å². The quantitative estimate of drug-likeness (QED) is 0.876. The van der Waals surface area contributed by atoms with Gasteiger partial charge in [0, 0.05) is 0 Å². The van der Waals surface area contributed by atoms with Crippen LogP contribution < -0.4 is 5.32 Å². The Bertz CT molecular complexity index is 519. The number of rotatable bonds is 5. The number of amides is 1. The standard InChI is InChI=1S/C17H23NO3/c1-2-13-7-6-8-14(11-13)12-15(19)18-17(16(20)21)9-4-3-5-10-17/h6-8,11H,2-5,9-10,12H2,1H3,(H,18,19)(H,20,21). The number of hydrogen-bond acceptors (Lipinski definition) is 2. The minimum absolute atomic E-state index is 0.201. The van der Waals surface area contributed by atoms with E-state index < -0.39 is 11.5 Å². The number of nitrogens with one attached hydrogen (secondary N) is 1. The predicted octanol–water partition coefficient (Wildman–Crippen LogP) is 2.70. The summed E-state index contributed by atoms with van der Waals surface area (Å²) in [6, 6.07) is 7.89. The first-order chi connectivity index (χ1) is 10.1. The van der Waals surface area contributed by atoms with Crippen molar-refractivity contribution in [3.8, 4) is 0 Å². The number of carbonyl (C=O) groups is 2. The van der Waals surface area contributed by atoms with Crippen LogP contribution in [-0.4, -0.2) is 22.5 Å². The first-order valence-electron chi connectivity index (χ1n) is 7.68. The van der Waals surface area contributed by atoms with Gasteiger partial charge in [0.1, 0.15) is 5.54 Å². The average Bonchev–Trinajstić information content (AvgIpc) is 2.48. The van der Waals surface area contributed by atoms with Gasteiger partial charge in [0.25, 0.3) is 0 Å². The molecule has 4 nitrogen and oxygen atoms in total. The molecule has 0 bridgehead atoms. The molecule has 21 heavy (non-hydrogen) atoms. The fraction of sp³-hybridized carbons (Fsp3) is 0.529. The Morgan fingerprint density at radius 2 is 1.86 bits per heavy atom. The van der Waals surface area contributed by atoms with Crippen LogP contribution in [0.25, 0.3) is 0 Å². The van der Waals surface area contributed by atoms with E-state index in [-0.39, 0.29) is 12.3 Å². The summed E-state index contributed by atoms with van der Waals surface area (Å²) in [6.07, 6.45) is 4.99. The average molecular weight is 289 g/mol. The lowest BCUT2D eigenvalue weighted by molar-refractivity contribution is -0.149. The van der Waals surface area contributed by atoms with Gasteiger partial charge in [0.15, 0.2) is 0 Å². The molecule has 0 aromatic heterocycles. The van der Waals surface area contributed by atoms with Crippen LogP contribution in [0.2, 0.25) is 0 Å². The summed E-state index contributed by atoms with van der Waals surface area (Å²) in [5.74, 6) is -1.11. The maximum atomic E-state index is 12.2. The lowest BCUT2D eigenvalue weighted by Crippen LogP contribution is -2.55. The minimum atomic E-state index is -1.06. The number of benzene rings is 1. The molecule has 0 atom stereocenters. The molecule has 0 radical (unpaired) electrons. The van der Waals surface area contributed by atoms with Crippen LogP contribution >= 0.6 is 0 Å². The molecular weight excluding hydrogens is 266 g/mol. The van der Waals surface area contributed by atoms with E-state index in [0.29, 0.717) is 12.8 Å². The third-order valence-electron chi connectivity index (χ3n) is 4.26. The zero-order chi connectivity index (χ0) is 15.3. The summed E-state index contributed by atoms with van der Waals surface area (Å²) in [5.41, 5.74) is 1.06. The molecule has 0 aliphatic heterocycles. The van der Waals surface area contributed by atoms with Gasteiger partial charge < -0.3 is 10.4 Å². The Kier molecular flexibility index (Phi) is 4.99. The zero-order valence-electron chi connectivity index (χ0n) is 12.5. The van der Waals surface area contributed by atoms with E-state index >= 15 is 0 Å². The van der Waals surface area contributed by atoms with E-state index in [0.717, 1.165) is 31.2 Å². The highest BCUT2D eigenvalue weighted by Gasteiger charge is 2.40. The molecule has 2 rings (SSSR count). The Labute approximate surface area is 125 Å². The van der Waals surface area contributed by atoms with Gasteiger partial charge in [0.2, 0.25) is 5.91 Å². The first kappa shape index (κ1) is 15.5. The summed E-state index contributed by atoms with van der Waals surface area (Å²) in [7, 11) is 0. The fourth-order valence-corrected chi connectivity index (χ4v) is 3.00. The molecule has 114 valence electrons. The number of hydrogen-bond donors (Lipinski definition) is 2. The van der Waals surface area contributed by atoms with Gasteiger partial charge in [-0.1, -0.05) is 50.5 Å². The smallest absolute Gasteiger partial charge is 0.329 e. The molecular formula is C17H23NO3. The maximum absolute atomic E-state index is 12.2. The number of carbonyl (C=O) groups excluding carboxylic acids is 1. The molecule has 4 heteroatoms. The molecule has 1 saturated carbocycles. The van der Waals surface area contributed by atoms with Crippen molar-refractivity contribution in [1.82, 2.24) is 5.32 Å². The van der Waals surface area contributed by atoms with Gasteiger partial charge in [-0.2, -0.15) is 0 Å². The van der Waals surface area contributed by atoms with Gasteiger partial charge in [-0.25, -0.2) is 4.79 Å². The third kappa shape index (κ3) is 3.84. The van der Waals surface area contributed by atoms with E-state index in [9.17, 15) is 14.7 Å². The number of carboxylic acids is 1. The third-order valence-corrected chi connectivity index (χ3v) is 4.26. The highest BCUT2D eigenvalue weighted by Crippen LogP contribution is 2.28. The summed E-state index contributed by atoms with van der Waals surface area (Å²) >= 11 is 0. The fourth-order valence-electron chi connectivity index (χ4n) is 3.00. The Hall–Kier alpha value is -1.84. The maximum Gasteiger partial charge on any atom is 0.329 e. The van der Waals surface area contributed by atoms with Gasteiger partial charge >= 0.3 is 5.97 Å². The Morgan fingerprint density at radius 3 is 2.48 bits per heavy atom. The molecule has 0 unspecified atom stereocenters. The lowest BCUT2D eigenvalue weighted by Gasteiger charge is -2.34. The molecule has 0 saturated heterocycles. The molecule has 0 heterocycles. The second-order valence-electron chi connectivity index (χ2n) is 5.85. The minimum Gasteiger partial charge on any atom is -0.480 e. The molecule has 1 fully saturated rings. The Balaban J connectivity index is 2.03. The molecule has 0 spiro atoms. The SMILES string of the molecule is CCc1cccc(CC(=O)NC2(C(=O)O)CCCCC2)c1. The second kappa shape index (κ2) is 6.74. The van der Waals surface area contributed by atoms with Crippen molar-refractivity contribution in [3.63, 3.8) is 0 Å². The highest BCUT2D eigenvalue weighted by molar-refractivity contribution is 5.88. The van der Waals surface area contributed by atoms with Gasteiger partial charge in [-0.3, -0.25) is 4.79 Å². The van der Waals surface area contributed by atoms with Crippen molar-refractivity contribution in [2.24, 2.45) is 0 Å². The molecule has 1 aliphatic carbocycles. The normalized spacial score (nSPS) is 17.2. The van der Waals surface area contributed by atoms with Crippen molar-refractivity contribution in [3.05, 3.63) is 35.4 Å². The van der Waals surface area contributed by atoms with Crippen LogP contribution in [0.5, 0.6) is 0 Å². The highest BCUT2D eigenvalue weighted by atomic mass is 16.4. The van der Waals surface area contributed by atoms with Crippen LogP contribution in [0.15, 0.2) is 24.3 Å². The molecule has 1 amide bonds. The van der Waals surface area contributed by atoms with Crippen molar-refractivity contribution in [1.29, 1.82) is 0 Å². The van der Waals surface area contributed by atoms with Crippen molar-refractivity contribution >= 4 is 11.9 Å². The van der Waals surface area contributed by atoms with Crippen LogP contribution in [0.1, 0.15) is 50.2 Å². The second-order valence-corrected chi connectivity index (χ2v) is 5.85. The van der Waals surface area contributed by atoms with E-state index in [1.165, 1.54) is 5.56 Å². The van der Waals surface area contributed by atoms with Crippen LogP contribution in [0.4, 0.5) is 0 Å².